The van der Waals surface area contributed by atoms with Crippen LogP contribution in [0.4, 0.5) is 5.69 Å². The van der Waals surface area contributed by atoms with Crippen LogP contribution in [0.25, 0.3) is 10.8 Å². The van der Waals surface area contributed by atoms with E-state index < -0.39 is 98.1 Å². The molecule has 11 N–H and O–H groups in total. The third kappa shape index (κ3) is 8.92. The number of carboxylic acids is 2. The summed E-state index contributed by atoms with van der Waals surface area (Å²) in [5, 5.41) is 65.6. The standard InChI is InChI=1S/C28H36N4O13/c1-12(30-25(40)15(29)11-44-28-23(38)22(37)21(36)18(10-33)45-28)24(39)31-16-7-6-13-4-2-3-5-14(13)20(16)26(41)32-17(27(42)43)8-9-19(34)35/h2-7,12,15,17-18,21-23,28,33,36-38H,8-11,29H2,1H3,(H,30,40)(H,31,39)(H,32,41)(H,34,35)(H,42,43)/t12-,15+,17?,18?,21?,22-,23+,28-/m1/s1. The van der Waals surface area contributed by atoms with Crippen LogP contribution in [0.1, 0.15) is 30.1 Å². The Labute approximate surface area is 255 Å². The summed E-state index contributed by atoms with van der Waals surface area (Å²) in [6, 6.07) is 5.47. The number of aliphatic carboxylic acids is 2. The summed E-state index contributed by atoms with van der Waals surface area (Å²) in [5.74, 6) is -5.22. The maximum atomic E-state index is 13.3. The number of amides is 3. The molecule has 17 nitrogen and oxygen atoms in total. The number of rotatable bonds is 14. The zero-order chi connectivity index (χ0) is 33.4. The van der Waals surface area contributed by atoms with Crippen LogP contribution in [0.3, 0.4) is 0 Å². The molecule has 1 aliphatic heterocycles. The van der Waals surface area contributed by atoms with Gasteiger partial charge in [0.05, 0.1) is 24.5 Å². The average molecular weight is 637 g/mol. The van der Waals surface area contributed by atoms with Crippen molar-refractivity contribution in [1.29, 1.82) is 0 Å². The van der Waals surface area contributed by atoms with Crippen LogP contribution in [0.15, 0.2) is 36.4 Å². The molecule has 1 saturated heterocycles. The van der Waals surface area contributed by atoms with Crippen molar-refractivity contribution < 1.29 is 64.1 Å². The third-order valence-corrected chi connectivity index (χ3v) is 7.04. The minimum atomic E-state index is -1.71. The fraction of sp³-hybridized carbons (Fsp3) is 0.464. The van der Waals surface area contributed by atoms with Crippen LogP contribution >= 0.6 is 0 Å². The largest absolute Gasteiger partial charge is 0.481 e. The Balaban J connectivity index is 1.69. The van der Waals surface area contributed by atoms with Gasteiger partial charge < -0.3 is 61.8 Å². The zero-order valence-corrected chi connectivity index (χ0v) is 24.0. The van der Waals surface area contributed by atoms with Gasteiger partial charge in [-0.05, 0) is 30.2 Å². The first kappa shape index (κ1) is 35.3. The van der Waals surface area contributed by atoms with E-state index in [1.807, 2.05) is 0 Å². The van der Waals surface area contributed by atoms with Gasteiger partial charge in [-0.15, -0.1) is 0 Å². The van der Waals surface area contributed by atoms with Crippen LogP contribution in [-0.4, -0.2) is 122 Å². The molecule has 3 rings (SSSR count). The van der Waals surface area contributed by atoms with Crippen LogP contribution < -0.4 is 21.7 Å². The Morgan fingerprint density at radius 1 is 0.956 bits per heavy atom. The SMILES string of the molecule is C[C@@H](NC(=O)[C@@H](N)CO[C@@H]1OC(CO)C(O)[C@@H](O)[C@@H]1O)C(=O)Nc1ccc2ccccc2c1C(=O)NC(CCC(=O)O)C(=O)O. The number of benzene rings is 2. The number of nitrogens with one attached hydrogen (secondary N) is 3. The predicted molar refractivity (Wildman–Crippen MR) is 154 cm³/mol. The molecule has 0 bridgehead atoms. The first-order chi connectivity index (χ1) is 21.2. The molecular weight excluding hydrogens is 600 g/mol. The lowest BCUT2D eigenvalue weighted by atomic mass is 9.99. The second kappa shape index (κ2) is 15.7. The molecule has 1 aliphatic rings. The van der Waals surface area contributed by atoms with Crippen molar-refractivity contribution in [3.63, 3.8) is 0 Å². The van der Waals surface area contributed by atoms with Gasteiger partial charge in [-0.25, -0.2) is 4.79 Å². The highest BCUT2D eigenvalue weighted by Gasteiger charge is 2.44. The van der Waals surface area contributed by atoms with Gasteiger partial charge in [0.25, 0.3) is 5.91 Å². The summed E-state index contributed by atoms with van der Waals surface area (Å²) in [5.41, 5.74) is 5.74. The minimum Gasteiger partial charge on any atom is -0.481 e. The van der Waals surface area contributed by atoms with Crippen molar-refractivity contribution in [3.05, 3.63) is 42.0 Å². The van der Waals surface area contributed by atoms with E-state index in [2.05, 4.69) is 16.0 Å². The maximum absolute atomic E-state index is 13.3. The summed E-state index contributed by atoms with van der Waals surface area (Å²) < 4.78 is 10.5. The lowest BCUT2D eigenvalue weighted by Gasteiger charge is -2.39. The number of aliphatic hydroxyl groups excluding tert-OH is 4. The summed E-state index contributed by atoms with van der Waals surface area (Å²) in [6.45, 7) is 0.0887. The Hall–Kier alpha value is -4.23. The third-order valence-electron chi connectivity index (χ3n) is 7.04. The monoisotopic (exact) mass is 636 g/mol. The van der Waals surface area contributed by atoms with Crippen LogP contribution in [0, 0.1) is 0 Å². The number of aliphatic hydroxyl groups is 4. The molecule has 3 unspecified atom stereocenters. The first-order valence-corrected chi connectivity index (χ1v) is 13.8. The number of hydrogen-bond donors (Lipinski definition) is 10. The molecule has 1 heterocycles. The molecule has 1 fully saturated rings. The molecule has 17 heteroatoms. The number of hydrogen-bond acceptors (Lipinski definition) is 12. The molecule has 246 valence electrons. The van der Waals surface area contributed by atoms with E-state index in [1.165, 1.54) is 13.0 Å². The van der Waals surface area contributed by atoms with Crippen LogP contribution in [0.5, 0.6) is 0 Å². The number of anilines is 1. The summed E-state index contributed by atoms with van der Waals surface area (Å²) in [7, 11) is 0. The molecule has 0 aliphatic carbocycles. The Morgan fingerprint density at radius 3 is 2.29 bits per heavy atom. The second-order valence-corrected chi connectivity index (χ2v) is 10.4. The first-order valence-electron chi connectivity index (χ1n) is 13.8. The highest BCUT2D eigenvalue weighted by Crippen LogP contribution is 2.27. The highest BCUT2D eigenvalue weighted by molar-refractivity contribution is 6.14. The molecule has 8 atom stereocenters. The van der Waals surface area contributed by atoms with E-state index in [4.69, 9.17) is 20.3 Å². The summed E-state index contributed by atoms with van der Waals surface area (Å²) in [4.78, 5) is 61.6. The second-order valence-electron chi connectivity index (χ2n) is 10.4. The van der Waals surface area contributed by atoms with Crippen molar-refractivity contribution in [2.24, 2.45) is 5.73 Å². The van der Waals surface area contributed by atoms with E-state index in [0.29, 0.717) is 10.8 Å². The molecule has 2 aromatic carbocycles. The number of nitrogens with two attached hydrogens (primary N) is 1. The number of fused-ring (bicyclic) bond motifs is 1. The van der Waals surface area contributed by atoms with Gasteiger partial charge in [-0.3, -0.25) is 19.2 Å². The Morgan fingerprint density at radius 2 is 1.64 bits per heavy atom. The molecule has 2 aromatic rings. The smallest absolute Gasteiger partial charge is 0.326 e. The fourth-order valence-electron chi connectivity index (χ4n) is 4.48. The molecule has 0 radical (unpaired) electrons. The predicted octanol–water partition coefficient (Wildman–Crippen LogP) is -2.53. The molecule has 3 amide bonds. The van der Waals surface area contributed by atoms with Gasteiger partial charge in [0.1, 0.15) is 42.5 Å². The van der Waals surface area contributed by atoms with Crippen molar-refractivity contribution in [2.45, 2.75) is 68.6 Å². The number of ether oxygens (including phenoxy) is 2. The van der Waals surface area contributed by atoms with E-state index in [0.717, 1.165) is 0 Å². The molecule has 0 aromatic heterocycles. The average Bonchev–Trinajstić information content (AvgIpc) is 3.00. The van der Waals surface area contributed by atoms with Crippen molar-refractivity contribution in [3.8, 4) is 0 Å². The lowest BCUT2D eigenvalue weighted by molar-refractivity contribution is -0.301. The lowest BCUT2D eigenvalue weighted by Crippen LogP contribution is -2.60. The van der Waals surface area contributed by atoms with E-state index in [1.54, 1.807) is 30.3 Å². The summed E-state index contributed by atoms with van der Waals surface area (Å²) in [6.07, 6.45) is -8.66. The maximum Gasteiger partial charge on any atom is 0.326 e. The van der Waals surface area contributed by atoms with Gasteiger partial charge >= 0.3 is 11.9 Å². The van der Waals surface area contributed by atoms with Crippen LogP contribution in [-0.2, 0) is 28.7 Å². The van der Waals surface area contributed by atoms with Crippen LogP contribution in [0.2, 0.25) is 0 Å². The van der Waals surface area contributed by atoms with Gasteiger partial charge in [0, 0.05) is 6.42 Å². The number of carbonyl (C=O) groups excluding carboxylic acids is 3. The highest BCUT2D eigenvalue weighted by atomic mass is 16.7. The van der Waals surface area contributed by atoms with Gasteiger partial charge in [0.2, 0.25) is 11.8 Å². The minimum absolute atomic E-state index is 0.0186. The number of carboxylic acid groups (broad SMARTS) is 2. The van der Waals surface area contributed by atoms with E-state index in [-0.39, 0.29) is 17.7 Å². The van der Waals surface area contributed by atoms with E-state index >= 15 is 0 Å². The Kier molecular flexibility index (Phi) is 12.3. The zero-order valence-electron chi connectivity index (χ0n) is 24.0. The van der Waals surface area contributed by atoms with Gasteiger partial charge in [-0.2, -0.15) is 0 Å². The summed E-state index contributed by atoms with van der Waals surface area (Å²) >= 11 is 0. The van der Waals surface area contributed by atoms with Crippen molar-refractivity contribution in [2.75, 3.05) is 18.5 Å². The van der Waals surface area contributed by atoms with Gasteiger partial charge in [0.15, 0.2) is 6.29 Å². The van der Waals surface area contributed by atoms with E-state index in [9.17, 15) is 49.5 Å². The van der Waals surface area contributed by atoms with Crippen molar-refractivity contribution in [1.82, 2.24) is 10.6 Å². The normalized spacial score (nSPS) is 23.4. The molecular formula is C28H36N4O13. The molecule has 45 heavy (non-hydrogen) atoms. The fourth-order valence-corrected chi connectivity index (χ4v) is 4.48. The molecule has 0 spiro atoms. The molecule has 0 saturated carbocycles. The topological polar surface area (TPSA) is 287 Å². The van der Waals surface area contributed by atoms with Gasteiger partial charge in [-0.1, -0.05) is 30.3 Å². The number of carbonyl (C=O) groups is 5. The quantitative estimate of drug-likeness (QED) is 0.102. The van der Waals surface area contributed by atoms with Crippen molar-refractivity contribution >= 4 is 46.1 Å². The Bertz CT molecular complexity index is 1400.